The Morgan fingerprint density at radius 3 is 2.70 bits per heavy atom. The van der Waals surface area contributed by atoms with Crippen molar-refractivity contribution in [2.75, 3.05) is 4.90 Å². The molecule has 0 spiro atoms. The van der Waals surface area contributed by atoms with Gasteiger partial charge in [0.05, 0.1) is 0 Å². The van der Waals surface area contributed by atoms with Crippen LogP contribution in [-0.4, -0.2) is 32.8 Å². The number of nitrogens with zero attached hydrogens (tertiary/aromatic N) is 3. The number of carboxylic acid groups (broad SMARTS) is 1. The number of carbonyl (C=O) groups excluding carboxylic acids is 1. The van der Waals surface area contributed by atoms with Gasteiger partial charge >= 0.3 is 5.97 Å². The van der Waals surface area contributed by atoms with Crippen molar-refractivity contribution in [2.45, 2.75) is 12.5 Å². The first-order valence-corrected chi connectivity index (χ1v) is 6.22. The molecule has 0 saturated heterocycles. The number of para-hydroxylation sites is 1. The molecular formula is C14H13N3O3. The van der Waals surface area contributed by atoms with Gasteiger partial charge in [-0.15, -0.1) is 0 Å². The van der Waals surface area contributed by atoms with Crippen LogP contribution in [0.25, 0.3) is 0 Å². The first-order chi connectivity index (χ1) is 9.59. The van der Waals surface area contributed by atoms with E-state index in [0.717, 1.165) is 5.56 Å². The summed E-state index contributed by atoms with van der Waals surface area (Å²) in [6.07, 6.45) is 1.85. The van der Waals surface area contributed by atoms with Crippen LogP contribution >= 0.6 is 0 Å². The maximum absolute atomic E-state index is 12.6. The van der Waals surface area contributed by atoms with Gasteiger partial charge in [0.15, 0.2) is 0 Å². The molecule has 1 aliphatic rings. The Morgan fingerprint density at radius 1 is 1.30 bits per heavy atom. The van der Waals surface area contributed by atoms with E-state index in [-0.39, 0.29) is 5.91 Å². The predicted molar refractivity (Wildman–Crippen MR) is 71.6 cm³/mol. The lowest BCUT2D eigenvalue weighted by molar-refractivity contribution is -0.138. The number of hydrogen-bond donors (Lipinski definition) is 1. The van der Waals surface area contributed by atoms with Crippen molar-refractivity contribution in [3.8, 4) is 0 Å². The second-order valence-electron chi connectivity index (χ2n) is 4.70. The number of fused-ring (bicyclic) bond motifs is 1. The highest BCUT2D eigenvalue weighted by Gasteiger charge is 2.39. The molecule has 6 nitrogen and oxygen atoms in total. The Balaban J connectivity index is 2.07. The number of aliphatic carboxylic acids is 1. The molecule has 20 heavy (non-hydrogen) atoms. The van der Waals surface area contributed by atoms with Crippen LogP contribution in [0.2, 0.25) is 0 Å². The molecule has 6 heteroatoms. The molecule has 1 N–H and O–H groups in total. The minimum absolute atomic E-state index is 0.328. The summed E-state index contributed by atoms with van der Waals surface area (Å²) in [5.41, 5.74) is 1.90. The number of carboxylic acids is 1. The van der Waals surface area contributed by atoms with Crippen molar-refractivity contribution in [1.29, 1.82) is 0 Å². The lowest BCUT2D eigenvalue weighted by atomic mass is 10.1. The summed E-state index contributed by atoms with van der Waals surface area (Å²) in [4.78, 5) is 25.4. The fraction of sp³-hybridized carbons (Fsp3) is 0.214. The van der Waals surface area contributed by atoms with Crippen LogP contribution in [0.1, 0.15) is 16.1 Å². The maximum Gasteiger partial charge on any atom is 0.327 e. The van der Waals surface area contributed by atoms with Crippen molar-refractivity contribution in [3.05, 3.63) is 47.8 Å². The zero-order valence-corrected chi connectivity index (χ0v) is 10.9. The quantitative estimate of drug-likeness (QED) is 0.886. The van der Waals surface area contributed by atoms with Crippen LogP contribution in [0, 0.1) is 0 Å². The number of aromatic nitrogens is 2. The van der Waals surface area contributed by atoms with Crippen LogP contribution in [0.3, 0.4) is 0 Å². The summed E-state index contributed by atoms with van der Waals surface area (Å²) < 4.78 is 1.45. The number of carbonyl (C=O) groups is 2. The van der Waals surface area contributed by atoms with Gasteiger partial charge in [-0.05, 0) is 17.7 Å². The summed E-state index contributed by atoms with van der Waals surface area (Å²) in [5, 5.41) is 13.3. The second-order valence-corrected chi connectivity index (χ2v) is 4.70. The number of anilines is 1. The summed E-state index contributed by atoms with van der Waals surface area (Å²) in [6.45, 7) is 0. The van der Waals surface area contributed by atoms with Crippen LogP contribution in [0.15, 0.2) is 36.5 Å². The average molecular weight is 271 g/mol. The summed E-state index contributed by atoms with van der Waals surface area (Å²) >= 11 is 0. The van der Waals surface area contributed by atoms with Gasteiger partial charge in [0.25, 0.3) is 5.91 Å². The van der Waals surface area contributed by atoms with Crippen molar-refractivity contribution >= 4 is 17.6 Å². The fourth-order valence-corrected chi connectivity index (χ4v) is 2.54. The monoisotopic (exact) mass is 271 g/mol. The smallest absolute Gasteiger partial charge is 0.327 e. The number of benzene rings is 1. The van der Waals surface area contributed by atoms with Crippen LogP contribution in [-0.2, 0) is 18.3 Å². The van der Waals surface area contributed by atoms with E-state index in [9.17, 15) is 14.7 Å². The highest BCUT2D eigenvalue weighted by atomic mass is 16.4. The van der Waals surface area contributed by atoms with E-state index in [1.807, 2.05) is 12.1 Å². The van der Waals surface area contributed by atoms with Gasteiger partial charge in [-0.2, -0.15) is 5.10 Å². The molecule has 2 aromatic rings. The van der Waals surface area contributed by atoms with Gasteiger partial charge < -0.3 is 5.11 Å². The molecule has 1 amide bonds. The Kier molecular flexibility index (Phi) is 2.78. The van der Waals surface area contributed by atoms with Crippen LogP contribution in [0.4, 0.5) is 5.69 Å². The topological polar surface area (TPSA) is 75.4 Å². The first-order valence-electron chi connectivity index (χ1n) is 6.22. The van der Waals surface area contributed by atoms with E-state index >= 15 is 0 Å². The summed E-state index contributed by atoms with van der Waals surface area (Å²) in [5.74, 6) is -1.35. The predicted octanol–water partition coefficient (Wildman–Crippen LogP) is 1.08. The van der Waals surface area contributed by atoms with E-state index in [0.29, 0.717) is 17.8 Å². The Labute approximate surface area is 115 Å². The molecular weight excluding hydrogens is 258 g/mol. The molecule has 0 aliphatic carbocycles. The van der Waals surface area contributed by atoms with Crippen molar-refractivity contribution < 1.29 is 14.7 Å². The molecule has 1 atom stereocenters. The first kappa shape index (κ1) is 12.4. The minimum atomic E-state index is -1.00. The minimum Gasteiger partial charge on any atom is -0.480 e. The summed E-state index contributed by atoms with van der Waals surface area (Å²) in [6, 6.07) is 7.98. The van der Waals surface area contributed by atoms with Gasteiger partial charge in [-0.3, -0.25) is 14.4 Å². The number of rotatable bonds is 2. The van der Waals surface area contributed by atoms with Crippen molar-refractivity contribution in [1.82, 2.24) is 9.78 Å². The molecule has 102 valence electrons. The fourth-order valence-electron chi connectivity index (χ4n) is 2.54. The zero-order chi connectivity index (χ0) is 14.3. The lowest BCUT2D eigenvalue weighted by Gasteiger charge is -2.22. The molecule has 1 aliphatic heterocycles. The lowest BCUT2D eigenvalue weighted by Crippen LogP contribution is -2.43. The van der Waals surface area contributed by atoms with Gasteiger partial charge in [-0.25, -0.2) is 4.79 Å². The van der Waals surface area contributed by atoms with E-state index < -0.39 is 12.0 Å². The number of amides is 1. The molecule has 0 bridgehead atoms. The SMILES string of the molecule is Cn1nccc1C(=O)N1c2ccccc2C[C@H]1C(=O)O. The largest absolute Gasteiger partial charge is 0.480 e. The standard InChI is InChI=1S/C14H13N3O3/c1-16-11(6-7-15-16)13(18)17-10-5-3-2-4-9(10)8-12(17)14(19)20/h2-7,12H,8H2,1H3,(H,19,20)/t12-/m0/s1. The van der Waals surface area contributed by atoms with Crippen LogP contribution in [0.5, 0.6) is 0 Å². The zero-order valence-electron chi connectivity index (χ0n) is 10.9. The number of aryl methyl sites for hydroxylation is 1. The normalized spacial score (nSPS) is 17.1. The molecule has 3 rings (SSSR count). The summed E-state index contributed by atoms with van der Waals surface area (Å²) in [7, 11) is 1.66. The van der Waals surface area contributed by atoms with E-state index in [4.69, 9.17) is 0 Å². The van der Waals surface area contributed by atoms with Gasteiger partial charge in [0.2, 0.25) is 0 Å². The molecule has 1 aromatic heterocycles. The molecule has 1 aromatic carbocycles. The molecule has 0 radical (unpaired) electrons. The van der Waals surface area contributed by atoms with E-state index in [2.05, 4.69) is 5.10 Å². The van der Waals surface area contributed by atoms with Crippen molar-refractivity contribution in [3.63, 3.8) is 0 Å². The third kappa shape index (κ3) is 1.77. The Bertz CT molecular complexity index is 692. The van der Waals surface area contributed by atoms with Crippen LogP contribution < -0.4 is 4.90 Å². The molecule has 2 heterocycles. The molecule has 0 unspecified atom stereocenters. The third-order valence-electron chi connectivity index (χ3n) is 3.52. The highest BCUT2D eigenvalue weighted by molar-refractivity contribution is 6.10. The molecule has 0 saturated carbocycles. The maximum atomic E-state index is 12.6. The van der Waals surface area contributed by atoms with E-state index in [1.54, 1.807) is 25.2 Å². The second kappa shape index (κ2) is 4.48. The Morgan fingerprint density at radius 2 is 2.05 bits per heavy atom. The Hall–Kier alpha value is -2.63. The highest BCUT2D eigenvalue weighted by Crippen LogP contribution is 2.33. The van der Waals surface area contributed by atoms with Crippen molar-refractivity contribution in [2.24, 2.45) is 7.05 Å². The third-order valence-corrected chi connectivity index (χ3v) is 3.52. The molecule has 0 fully saturated rings. The van der Waals surface area contributed by atoms with Gasteiger partial charge in [0, 0.05) is 25.4 Å². The average Bonchev–Trinajstić information content (AvgIpc) is 3.01. The number of hydrogen-bond acceptors (Lipinski definition) is 3. The van der Waals surface area contributed by atoms with Gasteiger partial charge in [-0.1, -0.05) is 18.2 Å². The van der Waals surface area contributed by atoms with Gasteiger partial charge in [0.1, 0.15) is 11.7 Å². The van der Waals surface area contributed by atoms with E-state index in [1.165, 1.54) is 15.8 Å².